The third-order valence-corrected chi connectivity index (χ3v) is 5.44. The van der Waals surface area contributed by atoms with Crippen LogP contribution in [-0.4, -0.2) is 4.98 Å². The van der Waals surface area contributed by atoms with Crippen LogP contribution in [0.25, 0.3) is 0 Å². The van der Waals surface area contributed by atoms with Gasteiger partial charge in [0.1, 0.15) is 0 Å². The largest absolute Gasteiger partial charge is 0.326 e. The Balaban J connectivity index is 1.82. The fourth-order valence-electron chi connectivity index (χ4n) is 3.04. The molecular formula is C14H22N2S. The van der Waals surface area contributed by atoms with Gasteiger partial charge in [-0.05, 0) is 31.6 Å². The van der Waals surface area contributed by atoms with E-state index in [1.165, 1.54) is 54.1 Å². The van der Waals surface area contributed by atoms with E-state index in [1.807, 2.05) is 11.3 Å². The first-order valence-electron chi connectivity index (χ1n) is 6.97. The molecule has 2 unspecified atom stereocenters. The van der Waals surface area contributed by atoms with E-state index < -0.39 is 0 Å². The second-order valence-electron chi connectivity index (χ2n) is 5.81. The van der Waals surface area contributed by atoms with E-state index >= 15 is 0 Å². The smallest absolute Gasteiger partial charge is 0.0962 e. The first kappa shape index (κ1) is 11.7. The summed E-state index contributed by atoms with van der Waals surface area (Å²) >= 11 is 1.90. The van der Waals surface area contributed by atoms with Gasteiger partial charge in [-0.1, -0.05) is 19.8 Å². The summed E-state index contributed by atoms with van der Waals surface area (Å²) in [7, 11) is 0. The van der Waals surface area contributed by atoms with Gasteiger partial charge in [-0.3, -0.25) is 0 Å². The maximum Gasteiger partial charge on any atom is 0.0962 e. The van der Waals surface area contributed by atoms with Crippen LogP contribution in [0.2, 0.25) is 0 Å². The molecule has 0 aliphatic heterocycles. The van der Waals surface area contributed by atoms with Crippen molar-refractivity contribution in [2.75, 3.05) is 0 Å². The van der Waals surface area contributed by atoms with Crippen molar-refractivity contribution in [3.8, 4) is 0 Å². The lowest BCUT2D eigenvalue weighted by atomic mass is 9.83. The van der Waals surface area contributed by atoms with Gasteiger partial charge in [0.15, 0.2) is 0 Å². The number of nitrogens with zero attached hydrogens (tertiary/aromatic N) is 1. The van der Waals surface area contributed by atoms with Crippen molar-refractivity contribution in [3.63, 3.8) is 0 Å². The highest BCUT2D eigenvalue weighted by Crippen LogP contribution is 2.45. The lowest BCUT2D eigenvalue weighted by molar-refractivity contribution is 0.343. The molecule has 1 aromatic rings. The standard InChI is InChI=1S/C14H22N2S/c1-9-3-2-4-11(7-9)14-16-13(10-5-6-10)12(8-15)17-14/h9-11H,2-8,15H2,1H3. The fourth-order valence-corrected chi connectivity index (χ4v) is 4.21. The second kappa shape index (κ2) is 4.69. The van der Waals surface area contributed by atoms with Crippen LogP contribution in [-0.2, 0) is 6.54 Å². The summed E-state index contributed by atoms with van der Waals surface area (Å²) in [5.41, 5.74) is 7.21. The molecular weight excluding hydrogens is 228 g/mol. The van der Waals surface area contributed by atoms with Crippen molar-refractivity contribution in [1.82, 2.24) is 4.98 Å². The Labute approximate surface area is 108 Å². The molecule has 2 atom stereocenters. The van der Waals surface area contributed by atoms with Gasteiger partial charge in [0.05, 0.1) is 10.7 Å². The van der Waals surface area contributed by atoms with Crippen LogP contribution in [0.15, 0.2) is 0 Å². The van der Waals surface area contributed by atoms with Crippen LogP contribution in [0, 0.1) is 5.92 Å². The highest BCUT2D eigenvalue weighted by molar-refractivity contribution is 7.11. The second-order valence-corrected chi connectivity index (χ2v) is 6.92. The summed E-state index contributed by atoms with van der Waals surface area (Å²) in [6.07, 6.45) is 8.12. The van der Waals surface area contributed by atoms with Gasteiger partial charge in [-0.2, -0.15) is 0 Å². The van der Waals surface area contributed by atoms with E-state index in [-0.39, 0.29) is 0 Å². The molecule has 2 saturated carbocycles. The fraction of sp³-hybridized carbons (Fsp3) is 0.786. The normalized spacial score (nSPS) is 29.5. The van der Waals surface area contributed by atoms with Gasteiger partial charge in [-0.25, -0.2) is 4.98 Å². The van der Waals surface area contributed by atoms with E-state index in [9.17, 15) is 0 Å². The molecule has 1 heterocycles. The van der Waals surface area contributed by atoms with Gasteiger partial charge < -0.3 is 5.73 Å². The predicted molar refractivity (Wildman–Crippen MR) is 72.4 cm³/mol. The van der Waals surface area contributed by atoms with E-state index in [0.29, 0.717) is 6.54 Å². The van der Waals surface area contributed by atoms with Gasteiger partial charge in [0.2, 0.25) is 0 Å². The SMILES string of the molecule is CC1CCCC(c2nc(C3CC3)c(CN)s2)C1. The number of rotatable bonds is 3. The molecule has 0 saturated heterocycles. The molecule has 0 amide bonds. The molecule has 3 rings (SSSR count). The molecule has 2 nitrogen and oxygen atoms in total. The Morgan fingerprint density at radius 3 is 2.71 bits per heavy atom. The topological polar surface area (TPSA) is 38.9 Å². The molecule has 0 aromatic carbocycles. The zero-order valence-corrected chi connectivity index (χ0v) is 11.4. The minimum absolute atomic E-state index is 0.686. The van der Waals surface area contributed by atoms with E-state index in [1.54, 1.807) is 0 Å². The summed E-state index contributed by atoms with van der Waals surface area (Å²) in [5.74, 6) is 2.35. The average Bonchev–Trinajstić information content (AvgIpc) is 3.08. The molecule has 2 fully saturated rings. The zero-order valence-electron chi connectivity index (χ0n) is 10.6. The summed E-state index contributed by atoms with van der Waals surface area (Å²) in [6.45, 7) is 3.07. The minimum Gasteiger partial charge on any atom is -0.326 e. The zero-order chi connectivity index (χ0) is 11.8. The van der Waals surface area contributed by atoms with Crippen molar-refractivity contribution >= 4 is 11.3 Å². The molecule has 0 spiro atoms. The summed E-state index contributed by atoms with van der Waals surface area (Å²) in [4.78, 5) is 6.30. The first-order chi connectivity index (χ1) is 8.28. The van der Waals surface area contributed by atoms with Gasteiger partial charge >= 0.3 is 0 Å². The quantitative estimate of drug-likeness (QED) is 0.887. The maximum atomic E-state index is 5.86. The van der Waals surface area contributed by atoms with Crippen molar-refractivity contribution in [2.24, 2.45) is 11.7 Å². The highest BCUT2D eigenvalue weighted by Gasteiger charge is 2.31. The van der Waals surface area contributed by atoms with Crippen molar-refractivity contribution < 1.29 is 0 Å². The van der Waals surface area contributed by atoms with Crippen molar-refractivity contribution in [3.05, 3.63) is 15.6 Å². The summed E-state index contributed by atoms with van der Waals surface area (Å²) in [5, 5.41) is 1.39. The number of nitrogens with two attached hydrogens (primary N) is 1. The third kappa shape index (κ3) is 2.41. The number of hydrogen-bond donors (Lipinski definition) is 1. The van der Waals surface area contributed by atoms with Crippen LogP contribution >= 0.6 is 11.3 Å². The van der Waals surface area contributed by atoms with Crippen molar-refractivity contribution in [1.29, 1.82) is 0 Å². The van der Waals surface area contributed by atoms with E-state index in [2.05, 4.69) is 6.92 Å². The van der Waals surface area contributed by atoms with Crippen LogP contribution < -0.4 is 5.73 Å². The predicted octanol–water partition coefficient (Wildman–Crippen LogP) is 3.77. The Morgan fingerprint density at radius 1 is 1.24 bits per heavy atom. The molecule has 3 heteroatoms. The average molecular weight is 250 g/mol. The van der Waals surface area contributed by atoms with Gasteiger partial charge in [-0.15, -0.1) is 11.3 Å². The summed E-state index contributed by atoms with van der Waals surface area (Å²) in [6, 6.07) is 0. The van der Waals surface area contributed by atoms with E-state index in [4.69, 9.17) is 10.7 Å². The number of thiazole rings is 1. The molecule has 2 aliphatic carbocycles. The Morgan fingerprint density at radius 2 is 2.06 bits per heavy atom. The number of hydrogen-bond acceptors (Lipinski definition) is 3. The molecule has 2 N–H and O–H groups in total. The molecule has 0 radical (unpaired) electrons. The molecule has 2 aliphatic rings. The Kier molecular flexibility index (Phi) is 3.22. The third-order valence-electron chi connectivity index (χ3n) is 4.18. The molecule has 17 heavy (non-hydrogen) atoms. The van der Waals surface area contributed by atoms with E-state index in [0.717, 1.165) is 17.8 Å². The molecule has 94 valence electrons. The first-order valence-corrected chi connectivity index (χ1v) is 7.79. The lowest BCUT2D eigenvalue weighted by Gasteiger charge is -2.24. The van der Waals surface area contributed by atoms with Crippen molar-refractivity contribution in [2.45, 2.75) is 63.8 Å². The highest BCUT2D eigenvalue weighted by atomic mass is 32.1. The maximum absolute atomic E-state index is 5.86. The number of aromatic nitrogens is 1. The molecule has 0 bridgehead atoms. The lowest BCUT2D eigenvalue weighted by Crippen LogP contribution is -2.11. The Bertz CT molecular complexity index is 395. The van der Waals surface area contributed by atoms with Crippen LogP contribution in [0.1, 0.15) is 72.9 Å². The summed E-state index contributed by atoms with van der Waals surface area (Å²) < 4.78 is 0. The van der Waals surface area contributed by atoms with Gasteiger partial charge in [0.25, 0.3) is 0 Å². The van der Waals surface area contributed by atoms with Gasteiger partial charge in [0, 0.05) is 23.3 Å². The van der Waals surface area contributed by atoms with Crippen LogP contribution in [0.5, 0.6) is 0 Å². The minimum atomic E-state index is 0.686. The van der Waals surface area contributed by atoms with Crippen LogP contribution in [0.4, 0.5) is 0 Å². The molecule has 1 aromatic heterocycles. The monoisotopic (exact) mass is 250 g/mol. The Hall–Kier alpha value is -0.410. The van der Waals surface area contributed by atoms with Crippen LogP contribution in [0.3, 0.4) is 0 Å².